The highest BCUT2D eigenvalue weighted by Gasteiger charge is 2.29. The molecular formula is C11H20N4O2S. The summed E-state index contributed by atoms with van der Waals surface area (Å²) in [5.74, 6) is 0.630. The van der Waals surface area contributed by atoms with Crippen LogP contribution < -0.4 is 5.32 Å². The number of piperidine rings is 1. The molecule has 102 valence electrons. The number of H-pyrrole nitrogens is 1. The minimum absolute atomic E-state index is 0.191. The number of rotatable bonds is 5. The van der Waals surface area contributed by atoms with Gasteiger partial charge in [0.25, 0.3) is 10.0 Å². The minimum atomic E-state index is -3.36. The van der Waals surface area contributed by atoms with Gasteiger partial charge in [0.2, 0.25) is 0 Å². The van der Waals surface area contributed by atoms with Gasteiger partial charge in [-0.05, 0) is 38.8 Å². The lowest BCUT2D eigenvalue weighted by molar-refractivity contribution is 0.262. The van der Waals surface area contributed by atoms with Gasteiger partial charge in [0.05, 0.1) is 12.5 Å². The van der Waals surface area contributed by atoms with Crippen LogP contribution in [0.2, 0.25) is 0 Å². The molecular weight excluding hydrogens is 252 g/mol. The molecule has 0 bridgehead atoms. The fourth-order valence-corrected chi connectivity index (χ4v) is 3.68. The van der Waals surface area contributed by atoms with Crippen molar-refractivity contribution in [1.29, 1.82) is 0 Å². The topological polar surface area (TPSA) is 78.1 Å². The van der Waals surface area contributed by atoms with E-state index >= 15 is 0 Å². The first-order valence-corrected chi connectivity index (χ1v) is 7.71. The molecule has 2 heterocycles. The van der Waals surface area contributed by atoms with E-state index in [9.17, 15) is 8.42 Å². The van der Waals surface area contributed by atoms with Crippen LogP contribution in [-0.4, -0.2) is 49.4 Å². The molecule has 1 aliphatic heterocycles. The number of aromatic nitrogens is 2. The molecule has 0 amide bonds. The summed E-state index contributed by atoms with van der Waals surface area (Å²) in [5.41, 5.74) is 0. The normalized spacial score (nSPS) is 19.2. The Kier molecular flexibility index (Phi) is 4.36. The SMILES string of the molecule is CNCCC1CCN(S(=O)(=O)c2cnc[nH]2)CC1. The van der Waals surface area contributed by atoms with Crippen LogP contribution in [0.3, 0.4) is 0 Å². The summed E-state index contributed by atoms with van der Waals surface area (Å²) in [6, 6.07) is 0. The van der Waals surface area contributed by atoms with Crippen LogP contribution in [0, 0.1) is 5.92 Å². The molecule has 1 aromatic heterocycles. The highest BCUT2D eigenvalue weighted by atomic mass is 32.2. The van der Waals surface area contributed by atoms with Gasteiger partial charge in [-0.15, -0.1) is 0 Å². The first-order chi connectivity index (χ1) is 8.64. The van der Waals surface area contributed by atoms with Crippen molar-refractivity contribution in [2.24, 2.45) is 5.92 Å². The van der Waals surface area contributed by atoms with Gasteiger partial charge in [-0.25, -0.2) is 13.4 Å². The molecule has 0 radical (unpaired) electrons. The number of nitrogens with one attached hydrogen (secondary N) is 2. The lowest BCUT2D eigenvalue weighted by Crippen LogP contribution is -2.39. The van der Waals surface area contributed by atoms with Crippen LogP contribution >= 0.6 is 0 Å². The van der Waals surface area contributed by atoms with Crippen molar-refractivity contribution in [3.8, 4) is 0 Å². The van der Waals surface area contributed by atoms with Crippen LogP contribution in [0.4, 0.5) is 0 Å². The molecule has 0 aromatic carbocycles. The average molecular weight is 272 g/mol. The smallest absolute Gasteiger partial charge is 0.260 e. The zero-order chi connectivity index (χ0) is 13.0. The Labute approximate surface area is 108 Å². The van der Waals surface area contributed by atoms with Crippen molar-refractivity contribution < 1.29 is 8.42 Å². The van der Waals surface area contributed by atoms with E-state index in [-0.39, 0.29) is 5.03 Å². The van der Waals surface area contributed by atoms with Crippen LogP contribution in [0.1, 0.15) is 19.3 Å². The van der Waals surface area contributed by atoms with Crippen LogP contribution in [0.25, 0.3) is 0 Å². The standard InChI is InChI=1S/C11H20N4O2S/c1-12-5-2-10-3-6-15(7-4-10)18(16,17)11-8-13-9-14-11/h8-10,12H,2-7H2,1H3,(H,13,14). The third kappa shape index (κ3) is 2.90. The molecule has 0 unspecified atom stereocenters. The van der Waals surface area contributed by atoms with Crippen LogP contribution in [0.5, 0.6) is 0 Å². The van der Waals surface area contributed by atoms with E-state index in [4.69, 9.17) is 0 Å². The summed E-state index contributed by atoms with van der Waals surface area (Å²) >= 11 is 0. The maximum atomic E-state index is 12.2. The maximum Gasteiger partial charge on any atom is 0.260 e. The molecule has 18 heavy (non-hydrogen) atoms. The van der Waals surface area contributed by atoms with E-state index < -0.39 is 10.0 Å². The molecule has 6 nitrogen and oxygen atoms in total. The van der Waals surface area contributed by atoms with Gasteiger partial charge in [0, 0.05) is 13.1 Å². The molecule has 7 heteroatoms. The van der Waals surface area contributed by atoms with E-state index in [0.29, 0.717) is 19.0 Å². The molecule has 0 spiro atoms. The summed E-state index contributed by atoms with van der Waals surface area (Å²) < 4.78 is 26.0. The van der Waals surface area contributed by atoms with Crippen molar-refractivity contribution in [2.75, 3.05) is 26.7 Å². The second-order valence-corrected chi connectivity index (χ2v) is 6.56. The summed E-state index contributed by atoms with van der Waals surface area (Å²) in [4.78, 5) is 6.44. The lowest BCUT2D eigenvalue weighted by Gasteiger charge is -2.30. The fraction of sp³-hybridized carbons (Fsp3) is 0.727. The predicted octanol–water partition coefficient (Wildman–Crippen LogP) is 0.420. The second-order valence-electron chi connectivity index (χ2n) is 4.66. The van der Waals surface area contributed by atoms with Crippen molar-refractivity contribution in [3.63, 3.8) is 0 Å². The van der Waals surface area contributed by atoms with Gasteiger partial charge < -0.3 is 10.3 Å². The van der Waals surface area contributed by atoms with E-state index in [2.05, 4.69) is 15.3 Å². The molecule has 0 saturated carbocycles. The van der Waals surface area contributed by atoms with Gasteiger partial charge in [-0.1, -0.05) is 0 Å². The number of aromatic amines is 1. The first-order valence-electron chi connectivity index (χ1n) is 6.27. The van der Waals surface area contributed by atoms with Crippen molar-refractivity contribution in [3.05, 3.63) is 12.5 Å². The Morgan fingerprint density at radius 1 is 1.50 bits per heavy atom. The summed E-state index contributed by atoms with van der Waals surface area (Å²) in [6.07, 6.45) is 5.76. The number of imidazole rings is 1. The van der Waals surface area contributed by atoms with Crippen molar-refractivity contribution in [2.45, 2.75) is 24.3 Å². The van der Waals surface area contributed by atoms with Gasteiger partial charge in [0.1, 0.15) is 0 Å². The number of nitrogens with zero attached hydrogens (tertiary/aromatic N) is 2. The second kappa shape index (κ2) is 5.81. The Hall–Kier alpha value is -0.920. The fourth-order valence-electron chi connectivity index (χ4n) is 2.31. The Bertz CT molecular complexity index is 449. The molecule has 0 atom stereocenters. The van der Waals surface area contributed by atoms with Gasteiger partial charge in [-0.2, -0.15) is 4.31 Å². The first kappa shape index (κ1) is 13.5. The van der Waals surface area contributed by atoms with Crippen molar-refractivity contribution in [1.82, 2.24) is 19.6 Å². The van der Waals surface area contributed by atoms with Gasteiger partial charge >= 0.3 is 0 Å². The number of hydrogen-bond donors (Lipinski definition) is 2. The van der Waals surface area contributed by atoms with Crippen LogP contribution in [0.15, 0.2) is 17.6 Å². The van der Waals surface area contributed by atoms with E-state index in [1.54, 1.807) is 4.31 Å². The Morgan fingerprint density at radius 3 is 2.78 bits per heavy atom. The molecule has 1 aromatic rings. The zero-order valence-corrected chi connectivity index (χ0v) is 11.4. The third-order valence-corrected chi connectivity index (χ3v) is 5.29. The number of sulfonamides is 1. The lowest BCUT2D eigenvalue weighted by atomic mass is 9.95. The zero-order valence-electron chi connectivity index (χ0n) is 10.6. The summed E-state index contributed by atoms with van der Waals surface area (Å²) in [5, 5.41) is 3.32. The third-order valence-electron chi connectivity index (χ3n) is 3.47. The molecule has 0 aliphatic carbocycles. The van der Waals surface area contributed by atoms with E-state index in [0.717, 1.165) is 25.8 Å². The highest BCUT2D eigenvalue weighted by molar-refractivity contribution is 7.89. The quantitative estimate of drug-likeness (QED) is 0.814. The number of hydrogen-bond acceptors (Lipinski definition) is 4. The predicted molar refractivity (Wildman–Crippen MR) is 68.6 cm³/mol. The van der Waals surface area contributed by atoms with E-state index in [1.807, 2.05) is 7.05 Å². The van der Waals surface area contributed by atoms with E-state index in [1.165, 1.54) is 12.5 Å². The Balaban J connectivity index is 1.94. The Morgan fingerprint density at radius 2 is 2.22 bits per heavy atom. The van der Waals surface area contributed by atoms with Gasteiger partial charge in [0.15, 0.2) is 5.03 Å². The largest absolute Gasteiger partial charge is 0.335 e. The summed E-state index contributed by atoms with van der Waals surface area (Å²) in [6.45, 7) is 2.21. The average Bonchev–Trinajstić information content (AvgIpc) is 2.91. The van der Waals surface area contributed by atoms with Crippen molar-refractivity contribution >= 4 is 10.0 Å². The maximum absolute atomic E-state index is 12.2. The molecule has 2 rings (SSSR count). The van der Waals surface area contributed by atoms with Crippen LogP contribution in [-0.2, 0) is 10.0 Å². The minimum Gasteiger partial charge on any atom is -0.335 e. The molecule has 1 fully saturated rings. The molecule has 1 aliphatic rings. The summed E-state index contributed by atoms with van der Waals surface area (Å²) in [7, 11) is -1.42. The van der Waals surface area contributed by atoms with Gasteiger partial charge in [-0.3, -0.25) is 0 Å². The molecule has 2 N–H and O–H groups in total. The highest BCUT2D eigenvalue weighted by Crippen LogP contribution is 2.24. The monoisotopic (exact) mass is 272 g/mol. The molecule has 1 saturated heterocycles.